The van der Waals surface area contributed by atoms with E-state index < -0.39 is 64.6 Å². The molecule has 0 spiro atoms. The average molecular weight is 759 g/mol. The van der Waals surface area contributed by atoms with Crippen LogP contribution >= 0.6 is 23.2 Å². The van der Waals surface area contributed by atoms with E-state index in [1.165, 1.54) is 11.3 Å². The molecule has 5 atom stereocenters. The molecule has 0 aromatic heterocycles. The van der Waals surface area contributed by atoms with E-state index in [4.69, 9.17) is 16.3 Å². The number of nitrogens with one attached hydrogen (secondary N) is 4. The van der Waals surface area contributed by atoms with Gasteiger partial charge in [-0.2, -0.15) is 0 Å². The first kappa shape index (κ1) is 47.6. The van der Waals surface area contributed by atoms with E-state index in [0.717, 1.165) is 5.56 Å². The standard InChI is InChI=1S/C34H52ClN5O7.C2H6.CH3Cl/c1-8-22(5)28(39-33(46)47-34(6,7)9-2)32(45)40-16-15-25(35)29(40)31(44)38-24(17-21(3)4)18-26(41)30(43)37-20-27(42)36-19-23-13-11-10-12-14-23;2*1-2/h10-14,21-22,24-25,28-29H,8-9,15-20H2,1-7H3,(H,36,42)(H,37,43)(H,38,44)(H,39,46);1-2H3;1H3. The lowest BCUT2D eigenvalue weighted by molar-refractivity contribution is -0.141. The molecule has 51 heavy (non-hydrogen) atoms. The van der Waals surface area contributed by atoms with Gasteiger partial charge in [0.15, 0.2) is 0 Å². The zero-order valence-corrected chi connectivity index (χ0v) is 33.6. The van der Waals surface area contributed by atoms with Crippen molar-refractivity contribution in [2.45, 2.75) is 130 Å². The van der Waals surface area contributed by atoms with Gasteiger partial charge >= 0.3 is 6.09 Å². The number of carbonyl (C=O) groups is 6. The highest BCUT2D eigenvalue weighted by atomic mass is 35.5. The summed E-state index contributed by atoms with van der Waals surface area (Å²) in [5.41, 5.74) is 0.168. The first-order chi connectivity index (χ1) is 24.1. The van der Waals surface area contributed by atoms with Crippen molar-refractivity contribution in [3.8, 4) is 0 Å². The summed E-state index contributed by atoms with van der Waals surface area (Å²) < 4.78 is 5.51. The number of ketones is 1. The van der Waals surface area contributed by atoms with Gasteiger partial charge in [-0.3, -0.25) is 24.0 Å². The summed E-state index contributed by atoms with van der Waals surface area (Å²) in [6.07, 6.45) is 2.35. The molecule has 4 N–H and O–H groups in total. The number of likely N-dealkylation sites (tertiary alicyclic amines) is 1. The Hall–Kier alpha value is -3.38. The van der Waals surface area contributed by atoms with Crippen molar-refractivity contribution in [3.63, 3.8) is 0 Å². The highest BCUT2D eigenvalue weighted by molar-refractivity contribution is 6.36. The molecule has 5 unspecified atom stereocenters. The van der Waals surface area contributed by atoms with Crippen LogP contribution in [-0.2, 0) is 35.3 Å². The van der Waals surface area contributed by atoms with Crippen LogP contribution in [-0.4, -0.2) is 89.0 Å². The summed E-state index contributed by atoms with van der Waals surface area (Å²) in [7, 11) is 0. The monoisotopic (exact) mass is 757 g/mol. The van der Waals surface area contributed by atoms with Gasteiger partial charge in [-0.25, -0.2) is 4.79 Å². The highest BCUT2D eigenvalue weighted by Gasteiger charge is 2.45. The third-order valence-corrected chi connectivity index (χ3v) is 8.83. The average Bonchev–Trinajstić information content (AvgIpc) is 3.50. The number of hydrogen-bond acceptors (Lipinski definition) is 7. The summed E-state index contributed by atoms with van der Waals surface area (Å²) in [6.45, 7) is 17.1. The lowest BCUT2D eigenvalue weighted by atomic mass is 9.97. The Balaban J connectivity index is 0.00000602. The number of alkyl carbamates (subject to hydrolysis) is 1. The van der Waals surface area contributed by atoms with E-state index in [0.29, 0.717) is 25.7 Å². The van der Waals surface area contributed by atoms with Crippen LogP contribution in [0.1, 0.15) is 100.0 Å². The second kappa shape index (κ2) is 24.7. The zero-order chi connectivity index (χ0) is 39.3. The van der Waals surface area contributed by atoms with E-state index in [2.05, 4.69) is 32.9 Å². The molecule has 1 saturated heterocycles. The Kier molecular flexibility index (Phi) is 23.1. The fraction of sp³-hybridized carbons (Fsp3) is 0.676. The number of hydrogen-bond donors (Lipinski definition) is 4. The molecule has 12 nitrogen and oxygen atoms in total. The summed E-state index contributed by atoms with van der Waals surface area (Å²) >= 11 is 11.2. The number of benzene rings is 1. The lowest BCUT2D eigenvalue weighted by Gasteiger charge is -2.33. The van der Waals surface area contributed by atoms with Crippen molar-refractivity contribution < 1.29 is 33.5 Å². The molecule has 1 aliphatic rings. The number of ether oxygens (including phenoxy) is 1. The largest absolute Gasteiger partial charge is 0.444 e. The van der Waals surface area contributed by atoms with Crippen molar-refractivity contribution >= 4 is 58.7 Å². The minimum Gasteiger partial charge on any atom is -0.444 e. The number of rotatable bonds is 17. The molecular formula is C37H61Cl2N5O7. The molecule has 1 aromatic rings. The van der Waals surface area contributed by atoms with Gasteiger partial charge in [-0.15, -0.1) is 23.2 Å². The van der Waals surface area contributed by atoms with Gasteiger partial charge in [0.1, 0.15) is 17.7 Å². The normalized spacial score (nSPS) is 16.9. The molecule has 2 rings (SSSR count). The van der Waals surface area contributed by atoms with E-state index in [1.807, 2.05) is 78.8 Å². The van der Waals surface area contributed by atoms with Crippen molar-refractivity contribution in [2.24, 2.45) is 11.8 Å². The van der Waals surface area contributed by atoms with Gasteiger partial charge in [0.25, 0.3) is 5.91 Å². The van der Waals surface area contributed by atoms with Crippen molar-refractivity contribution in [1.29, 1.82) is 0 Å². The van der Waals surface area contributed by atoms with Gasteiger partial charge in [0.2, 0.25) is 23.5 Å². The molecular weight excluding hydrogens is 697 g/mol. The minimum atomic E-state index is -1.05. The van der Waals surface area contributed by atoms with Gasteiger partial charge in [0, 0.05) is 31.9 Å². The first-order valence-electron chi connectivity index (χ1n) is 17.8. The maximum atomic E-state index is 13.8. The van der Waals surface area contributed by atoms with Crippen LogP contribution in [0.25, 0.3) is 0 Å². The highest BCUT2D eigenvalue weighted by Crippen LogP contribution is 2.27. The topological polar surface area (TPSA) is 163 Å². The van der Waals surface area contributed by atoms with Crippen LogP contribution in [0.2, 0.25) is 0 Å². The van der Waals surface area contributed by atoms with Crippen LogP contribution < -0.4 is 21.3 Å². The van der Waals surface area contributed by atoms with Gasteiger partial charge in [-0.1, -0.05) is 85.2 Å². The molecule has 290 valence electrons. The van der Waals surface area contributed by atoms with Crippen molar-refractivity contribution in [1.82, 2.24) is 26.2 Å². The van der Waals surface area contributed by atoms with Gasteiger partial charge < -0.3 is 30.9 Å². The SMILES string of the molecule is CC.CCC(C)C(NC(=O)OC(C)(C)CC)C(=O)N1CCC(Cl)C1C(=O)NC(CC(=O)C(=O)NCC(=O)NCc1ccccc1)CC(C)C.CCl. The summed E-state index contributed by atoms with van der Waals surface area (Å²) in [5.74, 6) is -3.37. The fourth-order valence-electron chi connectivity index (χ4n) is 5.13. The molecule has 1 aliphatic heterocycles. The van der Waals surface area contributed by atoms with Crippen LogP contribution in [0, 0.1) is 11.8 Å². The number of nitrogens with zero attached hydrogens (tertiary/aromatic N) is 1. The Morgan fingerprint density at radius 1 is 0.961 bits per heavy atom. The molecule has 1 heterocycles. The van der Waals surface area contributed by atoms with E-state index in [1.54, 1.807) is 13.8 Å². The van der Waals surface area contributed by atoms with E-state index in [9.17, 15) is 28.8 Å². The maximum absolute atomic E-state index is 13.8. The third kappa shape index (κ3) is 17.1. The Bertz CT molecular complexity index is 1250. The third-order valence-electron chi connectivity index (χ3n) is 8.38. The number of Topliss-reactive ketones (excluding diaryl/α,β-unsaturated/α-hetero) is 1. The number of carbonyl (C=O) groups excluding carboxylic acids is 6. The molecule has 5 amide bonds. The van der Waals surface area contributed by atoms with Gasteiger partial charge in [0.05, 0.1) is 11.9 Å². The zero-order valence-electron chi connectivity index (χ0n) is 32.1. The smallest absolute Gasteiger partial charge is 0.408 e. The molecule has 0 aliphatic carbocycles. The van der Waals surface area contributed by atoms with E-state index >= 15 is 0 Å². The van der Waals surface area contributed by atoms with Crippen molar-refractivity contribution in [2.75, 3.05) is 19.5 Å². The summed E-state index contributed by atoms with van der Waals surface area (Å²) in [4.78, 5) is 79.2. The summed E-state index contributed by atoms with van der Waals surface area (Å²) in [5, 5.41) is 9.88. The molecule has 0 bridgehead atoms. The van der Waals surface area contributed by atoms with Crippen LogP contribution in [0.15, 0.2) is 30.3 Å². The predicted molar refractivity (Wildman–Crippen MR) is 202 cm³/mol. The number of halogens is 2. The molecule has 0 radical (unpaired) electrons. The van der Waals surface area contributed by atoms with E-state index in [-0.39, 0.29) is 37.9 Å². The first-order valence-corrected chi connectivity index (χ1v) is 19.0. The molecule has 1 aromatic carbocycles. The Labute approximate surface area is 314 Å². The predicted octanol–water partition coefficient (Wildman–Crippen LogP) is 5.33. The second-order valence-corrected chi connectivity index (χ2v) is 13.8. The quantitative estimate of drug-likeness (QED) is 0.123. The fourth-order valence-corrected chi connectivity index (χ4v) is 5.48. The van der Waals surface area contributed by atoms with Crippen LogP contribution in [0.4, 0.5) is 4.79 Å². The van der Waals surface area contributed by atoms with Crippen LogP contribution in [0.5, 0.6) is 0 Å². The maximum Gasteiger partial charge on any atom is 0.408 e. The Morgan fingerprint density at radius 3 is 2.12 bits per heavy atom. The van der Waals surface area contributed by atoms with Gasteiger partial charge in [-0.05, 0) is 50.5 Å². The minimum absolute atomic E-state index is 0.0606. The molecule has 0 saturated carbocycles. The van der Waals surface area contributed by atoms with Crippen molar-refractivity contribution in [3.05, 3.63) is 35.9 Å². The number of alkyl halides is 2. The van der Waals surface area contributed by atoms with Crippen LogP contribution in [0.3, 0.4) is 0 Å². The molecule has 14 heteroatoms. The lowest BCUT2D eigenvalue weighted by Crippen LogP contribution is -2.58. The molecule has 1 fully saturated rings. The second-order valence-electron chi connectivity index (χ2n) is 13.2. The number of amides is 5. The summed E-state index contributed by atoms with van der Waals surface area (Å²) in [6, 6.07) is 6.54. The Morgan fingerprint density at radius 2 is 1.57 bits per heavy atom.